The number of amides is 2. The molecular weight excluding hydrogens is 274 g/mol. The second-order valence-corrected chi connectivity index (χ2v) is 5.69. The van der Waals surface area contributed by atoms with E-state index in [1.54, 1.807) is 16.5 Å². The van der Waals surface area contributed by atoms with Gasteiger partial charge in [-0.25, -0.2) is 4.98 Å². The predicted octanol–water partition coefficient (Wildman–Crippen LogP) is 1.65. The molecule has 6 heteroatoms. The van der Waals surface area contributed by atoms with Crippen molar-refractivity contribution in [1.82, 2.24) is 15.2 Å². The Morgan fingerprint density at radius 2 is 2.10 bits per heavy atom. The molecule has 0 atom stereocenters. The Balaban J connectivity index is 1.62. The molecule has 0 unspecified atom stereocenters. The summed E-state index contributed by atoms with van der Waals surface area (Å²) in [4.78, 5) is 29.9. The number of likely N-dealkylation sites (tertiary alicyclic amines) is 1. The first-order valence-corrected chi connectivity index (χ1v) is 7.51. The molecule has 2 aromatic rings. The van der Waals surface area contributed by atoms with Crippen molar-refractivity contribution >= 4 is 33.4 Å². The molecule has 0 aliphatic carbocycles. The molecule has 0 radical (unpaired) electrons. The number of nitrogens with one attached hydrogen (secondary N) is 1. The maximum absolute atomic E-state index is 12.0. The summed E-state index contributed by atoms with van der Waals surface area (Å²) in [6.07, 6.45) is 2.11. The Morgan fingerprint density at radius 3 is 2.90 bits per heavy atom. The van der Waals surface area contributed by atoms with Gasteiger partial charge in [0, 0.05) is 18.7 Å². The highest BCUT2D eigenvalue weighted by molar-refractivity contribution is 7.16. The fourth-order valence-electron chi connectivity index (χ4n) is 2.33. The van der Waals surface area contributed by atoms with E-state index in [0.717, 1.165) is 36.1 Å². The van der Waals surface area contributed by atoms with Crippen molar-refractivity contribution in [3.05, 3.63) is 29.3 Å². The predicted molar refractivity (Wildman–Crippen MR) is 77.8 cm³/mol. The molecule has 0 spiro atoms. The number of benzene rings is 1. The molecule has 1 N–H and O–H groups in total. The number of carbonyl (C=O) groups is 2. The molecule has 0 saturated carbocycles. The van der Waals surface area contributed by atoms with E-state index in [-0.39, 0.29) is 18.4 Å². The zero-order valence-electron chi connectivity index (χ0n) is 11.0. The van der Waals surface area contributed by atoms with E-state index in [0.29, 0.717) is 5.56 Å². The van der Waals surface area contributed by atoms with Crippen LogP contribution in [0.15, 0.2) is 23.7 Å². The summed E-state index contributed by atoms with van der Waals surface area (Å²) in [6, 6.07) is 5.36. The summed E-state index contributed by atoms with van der Waals surface area (Å²) >= 11 is 1.50. The highest BCUT2D eigenvalue weighted by Crippen LogP contribution is 2.19. The van der Waals surface area contributed by atoms with E-state index < -0.39 is 0 Å². The van der Waals surface area contributed by atoms with Crippen LogP contribution < -0.4 is 5.32 Å². The van der Waals surface area contributed by atoms with E-state index in [1.165, 1.54) is 11.3 Å². The van der Waals surface area contributed by atoms with Crippen LogP contribution in [0.2, 0.25) is 0 Å². The number of fused-ring (bicyclic) bond motifs is 1. The number of hydrogen-bond acceptors (Lipinski definition) is 4. The molecule has 2 heterocycles. The van der Waals surface area contributed by atoms with Gasteiger partial charge >= 0.3 is 0 Å². The van der Waals surface area contributed by atoms with Crippen LogP contribution in [0.25, 0.3) is 10.2 Å². The maximum atomic E-state index is 12.0. The van der Waals surface area contributed by atoms with Gasteiger partial charge in [-0.05, 0) is 31.0 Å². The van der Waals surface area contributed by atoms with Crippen LogP contribution in [0.4, 0.5) is 0 Å². The smallest absolute Gasteiger partial charge is 0.251 e. The first-order valence-electron chi connectivity index (χ1n) is 6.63. The molecule has 1 aromatic heterocycles. The Hall–Kier alpha value is -1.95. The third-order valence-corrected chi connectivity index (χ3v) is 4.24. The summed E-state index contributed by atoms with van der Waals surface area (Å²) in [5.41, 5.74) is 3.21. The van der Waals surface area contributed by atoms with Gasteiger partial charge in [0.1, 0.15) is 0 Å². The summed E-state index contributed by atoms with van der Waals surface area (Å²) in [5, 5.41) is 2.69. The van der Waals surface area contributed by atoms with Crippen LogP contribution >= 0.6 is 11.3 Å². The van der Waals surface area contributed by atoms with Gasteiger partial charge < -0.3 is 10.2 Å². The Labute approximate surface area is 120 Å². The number of hydrogen-bond donors (Lipinski definition) is 1. The lowest BCUT2D eigenvalue weighted by Gasteiger charge is -2.15. The van der Waals surface area contributed by atoms with E-state index in [2.05, 4.69) is 10.3 Å². The van der Waals surface area contributed by atoms with Crippen molar-refractivity contribution in [2.24, 2.45) is 0 Å². The minimum absolute atomic E-state index is 0.00489. The average molecular weight is 289 g/mol. The van der Waals surface area contributed by atoms with Gasteiger partial charge in [0.2, 0.25) is 5.91 Å². The highest BCUT2D eigenvalue weighted by atomic mass is 32.1. The zero-order valence-corrected chi connectivity index (χ0v) is 11.8. The molecule has 1 saturated heterocycles. The SMILES string of the molecule is O=C(NCC(=O)N1CCCC1)c1ccc2ncsc2c1. The lowest BCUT2D eigenvalue weighted by Crippen LogP contribution is -2.38. The Bertz CT molecular complexity index is 647. The molecular formula is C14H15N3O2S. The third kappa shape index (κ3) is 2.65. The van der Waals surface area contributed by atoms with Crippen molar-refractivity contribution in [2.75, 3.05) is 19.6 Å². The van der Waals surface area contributed by atoms with Crippen LogP contribution in [-0.4, -0.2) is 41.3 Å². The maximum Gasteiger partial charge on any atom is 0.251 e. The third-order valence-electron chi connectivity index (χ3n) is 3.45. The van der Waals surface area contributed by atoms with Crippen LogP contribution in [0, 0.1) is 0 Å². The normalized spacial score (nSPS) is 14.7. The van der Waals surface area contributed by atoms with Gasteiger partial charge in [0.15, 0.2) is 0 Å². The number of rotatable bonds is 3. The molecule has 1 aromatic carbocycles. The van der Waals surface area contributed by atoms with Crippen molar-refractivity contribution < 1.29 is 9.59 Å². The molecule has 3 rings (SSSR count). The number of carbonyl (C=O) groups excluding carboxylic acids is 2. The molecule has 104 valence electrons. The van der Waals surface area contributed by atoms with Crippen LogP contribution in [0.5, 0.6) is 0 Å². The number of aromatic nitrogens is 1. The lowest BCUT2D eigenvalue weighted by molar-refractivity contribution is -0.129. The van der Waals surface area contributed by atoms with Crippen molar-refractivity contribution in [2.45, 2.75) is 12.8 Å². The molecule has 20 heavy (non-hydrogen) atoms. The zero-order chi connectivity index (χ0) is 13.9. The van der Waals surface area contributed by atoms with Crippen molar-refractivity contribution in [3.63, 3.8) is 0 Å². The lowest BCUT2D eigenvalue weighted by atomic mass is 10.2. The molecule has 0 bridgehead atoms. The standard InChI is InChI=1S/C14H15N3O2S/c18-13(17-5-1-2-6-17)8-15-14(19)10-3-4-11-12(7-10)20-9-16-11/h3-4,7,9H,1-2,5-6,8H2,(H,15,19). The van der Waals surface area contributed by atoms with Gasteiger partial charge in [-0.1, -0.05) is 0 Å². The second kappa shape index (κ2) is 5.58. The van der Waals surface area contributed by atoms with Gasteiger partial charge in [0.05, 0.1) is 22.3 Å². The minimum Gasteiger partial charge on any atom is -0.343 e. The van der Waals surface area contributed by atoms with Crippen molar-refractivity contribution in [1.29, 1.82) is 0 Å². The minimum atomic E-state index is -0.215. The quantitative estimate of drug-likeness (QED) is 0.934. The van der Waals surface area contributed by atoms with E-state index >= 15 is 0 Å². The Morgan fingerprint density at radius 1 is 1.30 bits per heavy atom. The van der Waals surface area contributed by atoms with Gasteiger partial charge in [0.25, 0.3) is 5.91 Å². The Kier molecular flexibility index (Phi) is 3.64. The van der Waals surface area contributed by atoms with Crippen molar-refractivity contribution in [3.8, 4) is 0 Å². The number of thiazole rings is 1. The number of nitrogens with zero attached hydrogens (tertiary/aromatic N) is 2. The van der Waals surface area contributed by atoms with Gasteiger partial charge in [-0.15, -0.1) is 11.3 Å². The second-order valence-electron chi connectivity index (χ2n) is 4.81. The fourth-order valence-corrected chi connectivity index (χ4v) is 3.05. The van der Waals surface area contributed by atoms with Crippen LogP contribution in [0.1, 0.15) is 23.2 Å². The summed E-state index contributed by atoms with van der Waals surface area (Å²) in [6.45, 7) is 1.68. The van der Waals surface area contributed by atoms with Crippen LogP contribution in [-0.2, 0) is 4.79 Å². The summed E-state index contributed by atoms with van der Waals surface area (Å²) in [7, 11) is 0. The summed E-state index contributed by atoms with van der Waals surface area (Å²) < 4.78 is 0.975. The molecule has 1 aliphatic rings. The van der Waals surface area contributed by atoms with Gasteiger partial charge in [-0.3, -0.25) is 9.59 Å². The molecule has 1 aliphatic heterocycles. The molecule has 5 nitrogen and oxygen atoms in total. The molecule has 2 amide bonds. The first-order chi connectivity index (χ1) is 9.74. The highest BCUT2D eigenvalue weighted by Gasteiger charge is 2.18. The summed E-state index contributed by atoms with van der Waals surface area (Å²) in [5.74, 6) is -0.220. The fraction of sp³-hybridized carbons (Fsp3) is 0.357. The average Bonchev–Trinajstić information content (AvgIpc) is 3.13. The van der Waals surface area contributed by atoms with Crippen LogP contribution in [0.3, 0.4) is 0 Å². The largest absolute Gasteiger partial charge is 0.343 e. The van der Waals surface area contributed by atoms with E-state index in [9.17, 15) is 9.59 Å². The van der Waals surface area contributed by atoms with E-state index in [4.69, 9.17) is 0 Å². The van der Waals surface area contributed by atoms with E-state index in [1.807, 2.05) is 12.1 Å². The molecule has 1 fully saturated rings. The topological polar surface area (TPSA) is 62.3 Å². The monoisotopic (exact) mass is 289 g/mol. The van der Waals surface area contributed by atoms with Gasteiger partial charge in [-0.2, -0.15) is 0 Å². The first kappa shape index (κ1) is 13.1.